The predicted molar refractivity (Wildman–Crippen MR) is 115 cm³/mol. The summed E-state index contributed by atoms with van der Waals surface area (Å²) in [4.78, 5) is 14.9. The number of rotatable bonds is 3. The average molecular weight is 431 g/mol. The fourth-order valence-electron chi connectivity index (χ4n) is 6.70. The SMILES string of the molecule is C[C@H](NC1CC[C@@]2(O)C3Cc4ccc(O)c5c4[C@@]2(CCN3C)[C@H]1O5)C(=O)OC(C)(C)C. The third-order valence-electron chi connectivity index (χ3n) is 7.95. The molecule has 2 bridgehead atoms. The zero-order valence-electron chi connectivity index (χ0n) is 19.1. The van der Waals surface area contributed by atoms with Gasteiger partial charge in [-0.25, -0.2) is 0 Å². The normalized spacial score (nSPS) is 37.0. The van der Waals surface area contributed by atoms with Crippen molar-refractivity contribution in [2.24, 2.45) is 0 Å². The Morgan fingerprint density at radius 3 is 2.81 bits per heavy atom. The van der Waals surface area contributed by atoms with Crippen LogP contribution in [-0.4, -0.2) is 70.1 Å². The smallest absolute Gasteiger partial charge is 0.323 e. The van der Waals surface area contributed by atoms with Crippen LogP contribution in [0.15, 0.2) is 12.1 Å². The molecule has 1 spiro atoms. The molecule has 6 atom stereocenters. The first-order valence-electron chi connectivity index (χ1n) is 11.4. The molecule has 4 aliphatic rings. The molecule has 2 fully saturated rings. The van der Waals surface area contributed by atoms with Crippen molar-refractivity contribution in [3.05, 3.63) is 23.3 Å². The molecular weight excluding hydrogens is 396 g/mol. The number of hydrogen-bond donors (Lipinski definition) is 3. The van der Waals surface area contributed by atoms with E-state index in [1.54, 1.807) is 6.07 Å². The molecule has 1 aromatic carbocycles. The number of esters is 1. The Morgan fingerprint density at radius 2 is 2.10 bits per heavy atom. The molecule has 5 rings (SSSR count). The molecule has 2 aliphatic carbocycles. The van der Waals surface area contributed by atoms with Crippen LogP contribution in [0.1, 0.15) is 58.1 Å². The van der Waals surface area contributed by atoms with Crippen molar-refractivity contribution in [3.8, 4) is 11.5 Å². The maximum atomic E-state index is 12.6. The molecule has 170 valence electrons. The fourth-order valence-corrected chi connectivity index (χ4v) is 6.70. The summed E-state index contributed by atoms with van der Waals surface area (Å²) in [7, 11) is 2.08. The molecule has 0 aromatic heterocycles. The van der Waals surface area contributed by atoms with Crippen LogP contribution in [0.3, 0.4) is 0 Å². The molecule has 7 nitrogen and oxygen atoms in total. The summed E-state index contributed by atoms with van der Waals surface area (Å²) in [5.41, 5.74) is 0.0710. The number of likely N-dealkylation sites (tertiary alicyclic amines) is 1. The van der Waals surface area contributed by atoms with Crippen molar-refractivity contribution in [2.75, 3.05) is 13.6 Å². The van der Waals surface area contributed by atoms with E-state index in [4.69, 9.17) is 9.47 Å². The van der Waals surface area contributed by atoms with Crippen LogP contribution >= 0.6 is 0 Å². The van der Waals surface area contributed by atoms with Gasteiger partial charge in [-0.2, -0.15) is 0 Å². The van der Waals surface area contributed by atoms with Crippen LogP contribution in [-0.2, 0) is 21.4 Å². The first-order chi connectivity index (χ1) is 14.5. The Bertz CT molecular complexity index is 927. The lowest BCUT2D eigenvalue weighted by Gasteiger charge is -2.63. The lowest BCUT2D eigenvalue weighted by Crippen LogP contribution is -2.78. The Hall–Kier alpha value is -1.83. The van der Waals surface area contributed by atoms with E-state index in [9.17, 15) is 15.0 Å². The summed E-state index contributed by atoms with van der Waals surface area (Å²) in [6.07, 6.45) is 2.46. The molecule has 1 saturated heterocycles. The number of aromatic hydroxyl groups is 1. The van der Waals surface area contributed by atoms with E-state index in [2.05, 4.69) is 17.3 Å². The highest BCUT2D eigenvalue weighted by Crippen LogP contribution is 2.65. The number of ether oxygens (including phenoxy) is 2. The lowest BCUT2D eigenvalue weighted by atomic mass is 9.48. The Kier molecular flexibility index (Phi) is 4.47. The van der Waals surface area contributed by atoms with Crippen molar-refractivity contribution < 1.29 is 24.5 Å². The van der Waals surface area contributed by atoms with Crippen molar-refractivity contribution in [1.82, 2.24) is 10.2 Å². The second-order valence-corrected chi connectivity index (χ2v) is 10.9. The third kappa shape index (κ3) is 2.79. The molecule has 0 radical (unpaired) electrons. The number of phenolic OH excluding ortho intramolecular Hbond substituents is 1. The summed E-state index contributed by atoms with van der Waals surface area (Å²) in [6, 6.07) is 3.06. The van der Waals surface area contributed by atoms with E-state index in [-0.39, 0.29) is 29.9 Å². The first-order valence-corrected chi connectivity index (χ1v) is 11.4. The van der Waals surface area contributed by atoms with Crippen LogP contribution < -0.4 is 10.1 Å². The van der Waals surface area contributed by atoms with Crippen LogP contribution in [0.4, 0.5) is 0 Å². The minimum Gasteiger partial charge on any atom is -0.504 e. The average Bonchev–Trinajstić information content (AvgIpc) is 3.03. The number of benzene rings is 1. The summed E-state index contributed by atoms with van der Waals surface area (Å²) in [5.74, 6) is 0.346. The number of carbonyl (C=O) groups is 1. The summed E-state index contributed by atoms with van der Waals surface area (Å²) in [6.45, 7) is 8.25. The molecule has 3 N–H and O–H groups in total. The molecule has 1 aromatic rings. The highest BCUT2D eigenvalue weighted by atomic mass is 16.6. The molecular formula is C24H34N2O5. The monoisotopic (exact) mass is 430 g/mol. The number of carbonyl (C=O) groups excluding carboxylic acids is 1. The van der Waals surface area contributed by atoms with E-state index in [0.717, 1.165) is 30.5 Å². The topological polar surface area (TPSA) is 91.3 Å². The first kappa shape index (κ1) is 21.0. The van der Waals surface area contributed by atoms with Crippen LogP contribution in [0.5, 0.6) is 11.5 Å². The van der Waals surface area contributed by atoms with Gasteiger partial charge >= 0.3 is 5.97 Å². The lowest BCUT2D eigenvalue weighted by molar-refractivity contribution is -0.188. The minimum absolute atomic E-state index is 0.0135. The van der Waals surface area contributed by atoms with Gasteiger partial charge in [0.25, 0.3) is 0 Å². The van der Waals surface area contributed by atoms with E-state index in [1.165, 1.54) is 0 Å². The highest BCUT2D eigenvalue weighted by Gasteiger charge is 2.72. The molecule has 7 heteroatoms. The zero-order chi connectivity index (χ0) is 22.3. The molecule has 2 unspecified atom stereocenters. The molecule has 31 heavy (non-hydrogen) atoms. The van der Waals surface area contributed by atoms with Gasteiger partial charge in [0.2, 0.25) is 0 Å². The number of likely N-dealkylation sites (N-methyl/N-ethyl adjacent to an activating group) is 1. The fraction of sp³-hybridized carbons (Fsp3) is 0.708. The predicted octanol–water partition coefficient (Wildman–Crippen LogP) is 1.86. The van der Waals surface area contributed by atoms with Gasteiger partial charge in [0.05, 0.1) is 11.0 Å². The molecule has 2 aliphatic heterocycles. The third-order valence-corrected chi connectivity index (χ3v) is 7.95. The van der Waals surface area contributed by atoms with Crippen molar-refractivity contribution in [1.29, 1.82) is 0 Å². The minimum atomic E-state index is -0.927. The van der Waals surface area contributed by atoms with Crippen LogP contribution in [0.2, 0.25) is 0 Å². The molecule has 1 saturated carbocycles. The van der Waals surface area contributed by atoms with E-state index in [0.29, 0.717) is 18.6 Å². The number of nitrogens with zero attached hydrogens (tertiary/aromatic N) is 1. The quantitative estimate of drug-likeness (QED) is 0.631. The van der Waals surface area contributed by atoms with Crippen LogP contribution in [0, 0.1) is 0 Å². The van der Waals surface area contributed by atoms with Crippen molar-refractivity contribution in [2.45, 2.75) is 94.2 Å². The largest absolute Gasteiger partial charge is 0.504 e. The van der Waals surface area contributed by atoms with Gasteiger partial charge in [0.1, 0.15) is 17.7 Å². The Labute approximate surface area is 183 Å². The maximum absolute atomic E-state index is 12.6. The van der Waals surface area contributed by atoms with E-state index < -0.39 is 22.7 Å². The highest BCUT2D eigenvalue weighted by molar-refractivity contribution is 5.75. The van der Waals surface area contributed by atoms with E-state index in [1.807, 2.05) is 33.8 Å². The second-order valence-electron chi connectivity index (χ2n) is 10.9. The standard InChI is InChI=1S/C24H34N2O5/c1-13(21(28)31-22(2,3)4)25-15-8-9-24(29)17-12-14-6-7-16(27)19-18(14)23(24,20(15)30-19)10-11-26(17)5/h6-7,13,15,17,20,25,27,29H,8-12H2,1-5H3/t13-,15?,17?,20-,23-,24+/m0/s1. The van der Waals surface area contributed by atoms with Gasteiger partial charge < -0.3 is 24.6 Å². The molecule has 0 amide bonds. The van der Waals surface area contributed by atoms with E-state index >= 15 is 0 Å². The molecule has 2 heterocycles. The van der Waals surface area contributed by atoms with Crippen LogP contribution in [0.25, 0.3) is 0 Å². The van der Waals surface area contributed by atoms with Gasteiger partial charge in [-0.05, 0) is 78.6 Å². The van der Waals surface area contributed by atoms with Gasteiger partial charge in [-0.15, -0.1) is 0 Å². The van der Waals surface area contributed by atoms with Gasteiger partial charge in [0, 0.05) is 17.6 Å². The number of phenols is 1. The number of aliphatic hydroxyl groups is 1. The second kappa shape index (κ2) is 6.59. The maximum Gasteiger partial charge on any atom is 0.323 e. The van der Waals surface area contributed by atoms with Crippen molar-refractivity contribution in [3.63, 3.8) is 0 Å². The number of piperidine rings is 1. The number of nitrogens with one attached hydrogen (secondary N) is 1. The van der Waals surface area contributed by atoms with Gasteiger partial charge in [0.15, 0.2) is 11.5 Å². The van der Waals surface area contributed by atoms with Gasteiger partial charge in [-0.3, -0.25) is 10.1 Å². The van der Waals surface area contributed by atoms with Crippen molar-refractivity contribution >= 4 is 5.97 Å². The Balaban J connectivity index is 1.53. The van der Waals surface area contributed by atoms with Gasteiger partial charge in [-0.1, -0.05) is 6.07 Å². The summed E-state index contributed by atoms with van der Waals surface area (Å²) in [5, 5.41) is 26.2. The summed E-state index contributed by atoms with van der Waals surface area (Å²) < 4.78 is 12.0. The number of hydrogen-bond acceptors (Lipinski definition) is 7. The Morgan fingerprint density at radius 1 is 1.35 bits per heavy atom. The zero-order valence-corrected chi connectivity index (χ0v) is 19.1. The summed E-state index contributed by atoms with van der Waals surface area (Å²) >= 11 is 0.